The fourth-order valence-electron chi connectivity index (χ4n) is 4.12. The number of rotatable bonds is 10. The minimum absolute atomic E-state index is 0.0881. The molecule has 0 fully saturated rings. The van der Waals surface area contributed by atoms with Gasteiger partial charge in [0.1, 0.15) is 5.82 Å². The summed E-state index contributed by atoms with van der Waals surface area (Å²) < 4.78 is 6.79. The highest BCUT2D eigenvalue weighted by Gasteiger charge is 2.17. The number of aromatic nitrogens is 2. The fraction of sp³-hybridized carbons (Fsp3) is 0.276. The largest absolute Gasteiger partial charge is 0.384 e. The molecule has 4 aromatic rings. The molecule has 0 radical (unpaired) electrons. The van der Waals surface area contributed by atoms with Crippen LogP contribution in [-0.4, -0.2) is 40.7 Å². The van der Waals surface area contributed by atoms with Gasteiger partial charge < -0.3 is 4.74 Å². The highest BCUT2D eigenvalue weighted by molar-refractivity contribution is 6.30. The van der Waals surface area contributed by atoms with Gasteiger partial charge in [-0.2, -0.15) is 0 Å². The molecule has 0 unspecified atom stereocenters. The molecule has 1 amide bonds. The minimum atomic E-state index is -0.101. The zero-order valence-corrected chi connectivity index (χ0v) is 22.1. The molecule has 1 N–H and O–H groups in total. The van der Waals surface area contributed by atoms with Crippen molar-refractivity contribution in [1.82, 2.24) is 14.6 Å². The number of halogens is 1. The Kier molecular flexibility index (Phi) is 8.58. The molecule has 0 saturated heterocycles. The first kappa shape index (κ1) is 26.4. The quantitative estimate of drug-likeness (QED) is 0.281. The van der Waals surface area contributed by atoms with Gasteiger partial charge >= 0.3 is 0 Å². The van der Waals surface area contributed by atoms with Crippen LogP contribution in [0.1, 0.15) is 29.8 Å². The van der Waals surface area contributed by atoms with Crippen molar-refractivity contribution in [2.24, 2.45) is 0 Å². The van der Waals surface area contributed by atoms with Crippen molar-refractivity contribution in [1.29, 1.82) is 0 Å². The Morgan fingerprint density at radius 2 is 1.81 bits per heavy atom. The molecule has 0 saturated carbocycles. The Labute approximate surface area is 221 Å². The Bertz CT molecular complexity index is 1450. The number of amides is 1. The molecule has 192 valence electrons. The molecule has 37 heavy (non-hydrogen) atoms. The van der Waals surface area contributed by atoms with Gasteiger partial charge in [-0.1, -0.05) is 29.8 Å². The lowest BCUT2D eigenvalue weighted by molar-refractivity contribution is -0.130. The number of benzene rings is 3. The van der Waals surface area contributed by atoms with Gasteiger partial charge in [0.25, 0.3) is 5.56 Å². The van der Waals surface area contributed by atoms with Crippen molar-refractivity contribution < 1.29 is 9.53 Å². The number of carbonyl (C=O) groups excluding carboxylic acids is 1. The number of hydrogen-bond acceptors (Lipinski definition) is 5. The number of methoxy groups -OCH3 is 1. The molecule has 0 aliphatic heterocycles. The molecule has 0 aliphatic carbocycles. The normalized spacial score (nSPS) is 11.0. The number of para-hydroxylation sites is 1. The number of nitrogens with zero attached hydrogens (tertiary/aromatic N) is 3. The first-order chi connectivity index (χ1) is 17.9. The highest BCUT2D eigenvalue weighted by atomic mass is 35.5. The van der Waals surface area contributed by atoms with Gasteiger partial charge in [0.2, 0.25) is 5.91 Å². The van der Waals surface area contributed by atoms with E-state index in [9.17, 15) is 9.59 Å². The lowest BCUT2D eigenvalue weighted by Gasteiger charge is -2.25. The van der Waals surface area contributed by atoms with Gasteiger partial charge in [-0.05, 0) is 79.9 Å². The predicted molar refractivity (Wildman–Crippen MR) is 148 cm³/mol. The summed E-state index contributed by atoms with van der Waals surface area (Å²) in [6.07, 6.45) is 1.34. The van der Waals surface area contributed by atoms with E-state index >= 15 is 0 Å². The molecular weight excluding hydrogens is 488 g/mol. The van der Waals surface area contributed by atoms with Crippen molar-refractivity contribution in [3.8, 4) is 5.69 Å². The van der Waals surface area contributed by atoms with E-state index in [-0.39, 0.29) is 17.9 Å². The Hall–Kier alpha value is -3.68. The maximum absolute atomic E-state index is 13.6. The molecule has 0 atom stereocenters. The highest BCUT2D eigenvalue weighted by Crippen LogP contribution is 2.18. The second-order valence-corrected chi connectivity index (χ2v) is 9.40. The molecule has 0 spiro atoms. The third-order valence-corrected chi connectivity index (χ3v) is 6.56. The molecule has 1 heterocycles. The van der Waals surface area contributed by atoms with Crippen LogP contribution >= 0.6 is 11.6 Å². The van der Waals surface area contributed by atoms with Crippen molar-refractivity contribution in [3.05, 3.63) is 99.1 Å². The summed E-state index contributed by atoms with van der Waals surface area (Å²) >= 11 is 6.01. The standard InChI is InChI=1S/C29H31ClN4O3/c1-20-10-15-24(19-21(20)2)34-27(31-26-8-5-4-7-25(26)29(34)36)9-6-17-33(28(35)16-18-37-3)32-23-13-11-22(30)12-14-23/h4-5,7-8,10-15,19,32H,6,9,16-18H2,1-3H3. The van der Waals surface area contributed by atoms with Crippen LogP contribution in [-0.2, 0) is 16.0 Å². The molecule has 8 heteroatoms. The molecule has 0 bridgehead atoms. The summed E-state index contributed by atoms with van der Waals surface area (Å²) in [7, 11) is 1.57. The monoisotopic (exact) mass is 518 g/mol. The zero-order chi connectivity index (χ0) is 26.4. The van der Waals surface area contributed by atoms with Crippen LogP contribution in [0.15, 0.2) is 71.5 Å². The van der Waals surface area contributed by atoms with E-state index in [0.717, 1.165) is 22.5 Å². The van der Waals surface area contributed by atoms with E-state index in [1.807, 2.05) is 62.4 Å². The summed E-state index contributed by atoms with van der Waals surface area (Å²) in [4.78, 5) is 31.3. The van der Waals surface area contributed by atoms with Gasteiger partial charge in [0.15, 0.2) is 0 Å². The number of nitrogens with one attached hydrogen (secondary N) is 1. The van der Waals surface area contributed by atoms with E-state index < -0.39 is 0 Å². The van der Waals surface area contributed by atoms with Crippen LogP contribution in [0, 0.1) is 13.8 Å². The van der Waals surface area contributed by atoms with Crippen LogP contribution in [0.4, 0.5) is 5.69 Å². The Morgan fingerprint density at radius 1 is 1.05 bits per heavy atom. The van der Waals surface area contributed by atoms with Crippen LogP contribution in [0.25, 0.3) is 16.6 Å². The molecule has 3 aromatic carbocycles. The fourth-order valence-corrected chi connectivity index (χ4v) is 4.25. The third kappa shape index (κ3) is 6.37. The van der Waals surface area contributed by atoms with Gasteiger partial charge in [-0.3, -0.25) is 24.6 Å². The number of fused-ring (bicyclic) bond motifs is 1. The molecular formula is C29H31ClN4O3. The van der Waals surface area contributed by atoms with E-state index in [4.69, 9.17) is 21.3 Å². The minimum Gasteiger partial charge on any atom is -0.384 e. The lowest BCUT2D eigenvalue weighted by atomic mass is 10.1. The summed E-state index contributed by atoms with van der Waals surface area (Å²) in [6, 6.07) is 20.5. The van der Waals surface area contributed by atoms with Gasteiger partial charge in [-0.15, -0.1) is 0 Å². The third-order valence-electron chi connectivity index (χ3n) is 6.31. The first-order valence-corrected chi connectivity index (χ1v) is 12.6. The number of ether oxygens (including phenoxy) is 1. The van der Waals surface area contributed by atoms with E-state index in [1.165, 1.54) is 0 Å². The van der Waals surface area contributed by atoms with Crippen LogP contribution in [0.2, 0.25) is 5.02 Å². The Balaban J connectivity index is 1.62. The summed E-state index contributed by atoms with van der Waals surface area (Å²) in [5, 5.41) is 2.78. The van der Waals surface area contributed by atoms with Gasteiger partial charge in [0, 0.05) is 25.1 Å². The second-order valence-electron chi connectivity index (χ2n) is 8.96. The average molecular weight is 519 g/mol. The van der Waals surface area contributed by atoms with Crippen molar-refractivity contribution in [3.63, 3.8) is 0 Å². The SMILES string of the molecule is COCCC(=O)N(CCCc1nc2ccccc2c(=O)n1-c1ccc(C)c(C)c1)Nc1ccc(Cl)cc1. The topological polar surface area (TPSA) is 76.5 Å². The van der Waals surface area contributed by atoms with Gasteiger partial charge in [0.05, 0.1) is 35.3 Å². The number of anilines is 1. The number of aryl methyl sites for hydroxylation is 3. The molecule has 7 nitrogen and oxygen atoms in total. The lowest BCUT2D eigenvalue weighted by Crippen LogP contribution is -2.38. The summed E-state index contributed by atoms with van der Waals surface area (Å²) in [5.74, 6) is 0.567. The van der Waals surface area contributed by atoms with Crippen LogP contribution in [0.3, 0.4) is 0 Å². The Morgan fingerprint density at radius 3 is 2.54 bits per heavy atom. The molecule has 1 aromatic heterocycles. The number of carbonyl (C=O) groups is 1. The van der Waals surface area contributed by atoms with Crippen LogP contribution in [0.5, 0.6) is 0 Å². The van der Waals surface area contributed by atoms with E-state index in [0.29, 0.717) is 47.7 Å². The number of hydrogen-bond donors (Lipinski definition) is 1. The maximum atomic E-state index is 13.6. The second kappa shape index (κ2) is 12.0. The summed E-state index contributed by atoms with van der Waals surface area (Å²) in [6.45, 7) is 4.82. The van der Waals surface area contributed by atoms with E-state index in [2.05, 4.69) is 5.43 Å². The smallest absolute Gasteiger partial charge is 0.265 e. The zero-order valence-electron chi connectivity index (χ0n) is 21.3. The van der Waals surface area contributed by atoms with Crippen molar-refractivity contribution >= 4 is 34.1 Å². The van der Waals surface area contributed by atoms with E-state index in [1.54, 1.807) is 34.9 Å². The first-order valence-electron chi connectivity index (χ1n) is 12.3. The van der Waals surface area contributed by atoms with Crippen LogP contribution < -0.4 is 11.0 Å². The predicted octanol–water partition coefficient (Wildman–Crippen LogP) is 5.48. The van der Waals surface area contributed by atoms with Crippen molar-refractivity contribution in [2.75, 3.05) is 25.7 Å². The average Bonchev–Trinajstić information content (AvgIpc) is 2.90. The summed E-state index contributed by atoms with van der Waals surface area (Å²) in [5.41, 5.74) is 7.55. The van der Waals surface area contributed by atoms with Crippen molar-refractivity contribution in [2.45, 2.75) is 33.1 Å². The molecule has 4 rings (SSSR count). The molecule has 0 aliphatic rings. The number of hydrazine groups is 1. The van der Waals surface area contributed by atoms with Gasteiger partial charge in [-0.25, -0.2) is 4.98 Å². The maximum Gasteiger partial charge on any atom is 0.265 e.